The molecule has 0 fully saturated rings. The first-order valence-corrected chi connectivity index (χ1v) is 13.5. The summed E-state index contributed by atoms with van der Waals surface area (Å²) in [5.74, 6) is 1.68. The molecule has 38 heavy (non-hydrogen) atoms. The summed E-state index contributed by atoms with van der Waals surface area (Å²) in [7, 11) is 0. The van der Waals surface area contributed by atoms with Crippen molar-refractivity contribution in [2.45, 2.75) is 25.2 Å². The number of amides is 2. The van der Waals surface area contributed by atoms with Gasteiger partial charge in [0.15, 0.2) is 0 Å². The van der Waals surface area contributed by atoms with Gasteiger partial charge in [-0.05, 0) is 72.7 Å². The zero-order chi connectivity index (χ0) is 26.5. The summed E-state index contributed by atoms with van der Waals surface area (Å²) >= 11 is 1.81. The number of anilines is 3. The number of benzene rings is 4. The van der Waals surface area contributed by atoms with E-state index in [2.05, 4.69) is 35.4 Å². The first-order valence-electron chi connectivity index (χ1n) is 12.5. The van der Waals surface area contributed by atoms with Crippen LogP contribution in [0.5, 0.6) is 5.75 Å². The van der Waals surface area contributed by atoms with E-state index < -0.39 is 0 Å². The summed E-state index contributed by atoms with van der Waals surface area (Å²) in [6.07, 6.45) is 1.15. The first-order chi connectivity index (χ1) is 18.5. The molecule has 2 amide bonds. The number of thioether (sulfide) groups is 1. The SMILES string of the molecule is CC(C)CCSc1ccc2nn(-c3ccc(NC(=O)N(c4ccccc4)c4ccccc4)cc3O)nc2c1. The minimum absolute atomic E-state index is 0.0411. The van der Waals surface area contributed by atoms with E-state index in [9.17, 15) is 9.90 Å². The third kappa shape index (κ3) is 5.81. The molecule has 0 saturated carbocycles. The van der Waals surface area contributed by atoms with Crippen molar-refractivity contribution in [3.05, 3.63) is 97.1 Å². The molecule has 1 aromatic heterocycles. The number of aromatic hydroxyl groups is 1. The largest absolute Gasteiger partial charge is 0.506 e. The van der Waals surface area contributed by atoms with Crippen molar-refractivity contribution < 1.29 is 9.90 Å². The van der Waals surface area contributed by atoms with Gasteiger partial charge in [-0.3, -0.25) is 4.90 Å². The summed E-state index contributed by atoms with van der Waals surface area (Å²) in [4.78, 5) is 17.5. The Hall–Kier alpha value is -4.30. The molecule has 5 rings (SSSR count). The second kappa shape index (κ2) is 11.4. The van der Waals surface area contributed by atoms with Gasteiger partial charge in [-0.15, -0.1) is 26.8 Å². The number of aromatic nitrogens is 3. The Morgan fingerprint density at radius 1 is 0.895 bits per heavy atom. The number of para-hydroxylation sites is 2. The third-order valence-electron chi connectivity index (χ3n) is 5.99. The molecule has 2 N–H and O–H groups in total. The monoisotopic (exact) mass is 523 g/mol. The minimum atomic E-state index is -0.347. The number of rotatable bonds is 8. The molecule has 0 bridgehead atoms. The fraction of sp³-hybridized carbons (Fsp3) is 0.167. The van der Waals surface area contributed by atoms with Crippen LogP contribution in [0.25, 0.3) is 16.7 Å². The van der Waals surface area contributed by atoms with Gasteiger partial charge >= 0.3 is 6.03 Å². The molecule has 0 radical (unpaired) electrons. The standard InChI is InChI=1S/C30H29N5O2S/c1-21(2)17-18-38-25-14-15-26-27(20-25)33-35(32-26)28-16-13-22(19-29(28)36)31-30(37)34(23-9-5-3-6-10-23)24-11-7-4-8-12-24/h3-16,19-21,36H,17-18H2,1-2H3,(H,31,37). The van der Waals surface area contributed by atoms with E-state index in [-0.39, 0.29) is 11.8 Å². The van der Waals surface area contributed by atoms with Gasteiger partial charge in [-0.1, -0.05) is 50.2 Å². The lowest BCUT2D eigenvalue weighted by Crippen LogP contribution is -2.30. The van der Waals surface area contributed by atoms with Crippen LogP contribution < -0.4 is 10.2 Å². The Bertz CT molecular complexity index is 1500. The van der Waals surface area contributed by atoms with E-state index >= 15 is 0 Å². The number of fused-ring (bicyclic) bond motifs is 1. The summed E-state index contributed by atoms with van der Waals surface area (Å²) in [5.41, 5.74) is 3.84. The predicted octanol–water partition coefficient (Wildman–Crippen LogP) is 7.63. The summed E-state index contributed by atoms with van der Waals surface area (Å²) in [6.45, 7) is 4.45. The number of carbonyl (C=O) groups excluding carboxylic acids is 1. The number of nitrogens with zero attached hydrogens (tertiary/aromatic N) is 4. The number of hydrogen-bond donors (Lipinski definition) is 2. The molecular weight excluding hydrogens is 494 g/mol. The van der Waals surface area contributed by atoms with Gasteiger partial charge < -0.3 is 10.4 Å². The molecule has 0 unspecified atom stereocenters. The average Bonchev–Trinajstić information content (AvgIpc) is 3.33. The molecule has 0 aliphatic carbocycles. The van der Waals surface area contributed by atoms with Crippen LogP contribution in [-0.4, -0.2) is 31.9 Å². The second-order valence-electron chi connectivity index (χ2n) is 9.31. The number of nitrogens with one attached hydrogen (secondary N) is 1. The van der Waals surface area contributed by atoms with Crippen molar-refractivity contribution in [3.8, 4) is 11.4 Å². The lowest BCUT2D eigenvalue weighted by Gasteiger charge is -2.23. The zero-order valence-corrected chi connectivity index (χ0v) is 22.1. The smallest absolute Gasteiger partial charge is 0.330 e. The molecular formula is C30H29N5O2S. The van der Waals surface area contributed by atoms with Crippen molar-refractivity contribution >= 4 is 45.9 Å². The number of urea groups is 1. The predicted molar refractivity (Wildman–Crippen MR) is 155 cm³/mol. The molecule has 192 valence electrons. The van der Waals surface area contributed by atoms with Gasteiger partial charge in [0.05, 0.1) is 11.4 Å². The van der Waals surface area contributed by atoms with Crippen LogP contribution in [0.1, 0.15) is 20.3 Å². The number of carbonyl (C=O) groups is 1. The van der Waals surface area contributed by atoms with Crippen LogP contribution in [-0.2, 0) is 0 Å². The van der Waals surface area contributed by atoms with Gasteiger partial charge in [-0.25, -0.2) is 4.79 Å². The lowest BCUT2D eigenvalue weighted by molar-refractivity contribution is 0.259. The molecule has 0 spiro atoms. The van der Waals surface area contributed by atoms with Crippen molar-refractivity contribution in [2.24, 2.45) is 5.92 Å². The lowest BCUT2D eigenvalue weighted by atomic mass is 10.2. The van der Waals surface area contributed by atoms with Gasteiger partial charge in [0.1, 0.15) is 22.5 Å². The van der Waals surface area contributed by atoms with Crippen LogP contribution in [0, 0.1) is 5.92 Å². The fourth-order valence-electron chi connectivity index (χ4n) is 3.99. The van der Waals surface area contributed by atoms with E-state index in [1.807, 2.05) is 84.6 Å². The maximum Gasteiger partial charge on any atom is 0.330 e. The maximum absolute atomic E-state index is 13.3. The van der Waals surface area contributed by atoms with E-state index in [1.54, 1.807) is 17.0 Å². The number of hydrogen-bond acceptors (Lipinski definition) is 5. The van der Waals surface area contributed by atoms with Gasteiger partial charge in [-0.2, -0.15) is 0 Å². The van der Waals surface area contributed by atoms with Crippen LogP contribution in [0.4, 0.5) is 21.9 Å². The molecule has 1 heterocycles. The van der Waals surface area contributed by atoms with Crippen LogP contribution in [0.15, 0.2) is 102 Å². The first kappa shape index (κ1) is 25.4. The fourth-order valence-corrected chi connectivity index (χ4v) is 5.18. The molecule has 0 atom stereocenters. The van der Waals surface area contributed by atoms with Crippen molar-refractivity contribution in [1.82, 2.24) is 15.0 Å². The van der Waals surface area contributed by atoms with E-state index in [1.165, 1.54) is 10.9 Å². The van der Waals surface area contributed by atoms with Crippen molar-refractivity contribution in [3.63, 3.8) is 0 Å². The quantitative estimate of drug-likeness (QED) is 0.204. The molecule has 0 saturated heterocycles. The van der Waals surface area contributed by atoms with Gasteiger partial charge in [0, 0.05) is 16.6 Å². The van der Waals surface area contributed by atoms with Crippen LogP contribution in [0.2, 0.25) is 0 Å². The molecule has 4 aromatic carbocycles. The number of phenols is 1. The number of phenolic OH excluding ortho intramolecular Hbond substituents is 1. The Morgan fingerprint density at radius 3 is 2.18 bits per heavy atom. The third-order valence-corrected chi connectivity index (χ3v) is 7.02. The van der Waals surface area contributed by atoms with Crippen LogP contribution >= 0.6 is 11.8 Å². The minimum Gasteiger partial charge on any atom is -0.506 e. The Balaban J connectivity index is 1.35. The van der Waals surface area contributed by atoms with Crippen molar-refractivity contribution in [1.29, 1.82) is 0 Å². The highest BCUT2D eigenvalue weighted by molar-refractivity contribution is 7.99. The van der Waals surface area contributed by atoms with E-state index in [0.29, 0.717) is 17.3 Å². The maximum atomic E-state index is 13.3. The highest BCUT2D eigenvalue weighted by Crippen LogP contribution is 2.30. The normalized spacial score (nSPS) is 11.1. The Morgan fingerprint density at radius 2 is 1.55 bits per heavy atom. The molecule has 5 aromatic rings. The topological polar surface area (TPSA) is 83.3 Å². The summed E-state index contributed by atoms with van der Waals surface area (Å²) < 4.78 is 0. The molecule has 8 heteroatoms. The van der Waals surface area contributed by atoms with Crippen LogP contribution in [0.3, 0.4) is 0 Å². The molecule has 0 aliphatic heterocycles. The van der Waals surface area contributed by atoms with E-state index in [0.717, 1.165) is 39.5 Å². The Kier molecular flexibility index (Phi) is 7.60. The Labute approximate surface area is 226 Å². The second-order valence-corrected chi connectivity index (χ2v) is 10.5. The highest BCUT2D eigenvalue weighted by Gasteiger charge is 2.19. The van der Waals surface area contributed by atoms with E-state index in [4.69, 9.17) is 0 Å². The summed E-state index contributed by atoms with van der Waals surface area (Å²) in [6, 6.07) is 29.4. The molecule has 0 aliphatic rings. The zero-order valence-electron chi connectivity index (χ0n) is 21.3. The average molecular weight is 524 g/mol. The summed E-state index contributed by atoms with van der Waals surface area (Å²) in [5, 5.41) is 22.8. The molecule has 7 nitrogen and oxygen atoms in total. The van der Waals surface area contributed by atoms with Crippen molar-refractivity contribution in [2.75, 3.05) is 16.0 Å². The van der Waals surface area contributed by atoms with Gasteiger partial charge in [0.25, 0.3) is 0 Å². The highest BCUT2D eigenvalue weighted by atomic mass is 32.2. The van der Waals surface area contributed by atoms with Gasteiger partial charge in [0.2, 0.25) is 0 Å².